The smallest absolute Gasteiger partial charge is 0.337 e. The summed E-state index contributed by atoms with van der Waals surface area (Å²) in [7, 11) is 0. The number of thiazole rings is 1. The molecule has 4 N–H and O–H groups in total. The van der Waals surface area contributed by atoms with Crippen molar-refractivity contribution in [2.45, 2.75) is 84.7 Å². The lowest BCUT2D eigenvalue weighted by atomic mass is 9.73. The maximum atomic E-state index is 13.8. The molecule has 0 bridgehead atoms. The fourth-order valence-corrected chi connectivity index (χ4v) is 5.06. The highest BCUT2D eigenvalue weighted by atomic mass is 32.1. The summed E-state index contributed by atoms with van der Waals surface area (Å²) in [5.74, 6) is -2.03. The minimum Gasteiger partial charge on any atom is -0.458 e. The van der Waals surface area contributed by atoms with Crippen LogP contribution < -0.4 is 11.1 Å². The van der Waals surface area contributed by atoms with Crippen molar-refractivity contribution < 1.29 is 24.2 Å². The zero-order valence-electron chi connectivity index (χ0n) is 22.6. The van der Waals surface area contributed by atoms with Gasteiger partial charge in [-0.25, -0.2) is 9.78 Å². The Kier molecular flexibility index (Phi) is 8.16. The lowest BCUT2D eigenvalue weighted by molar-refractivity contribution is -0.173. The van der Waals surface area contributed by atoms with Crippen LogP contribution in [0.1, 0.15) is 59.2 Å². The first-order valence-corrected chi connectivity index (χ1v) is 13.2. The number of carbonyl (C=O) groups excluding carboxylic acids is 3. The molecule has 3 rings (SSSR count). The van der Waals surface area contributed by atoms with E-state index in [9.17, 15) is 19.5 Å². The van der Waals surface area contributed by atoms with Gasteiger partial charge < -0.3 is 25.8 Å². The number of esters is 1. The first-order valence-electron chi connectivity index (χ1n) is 12.3. The topological polar surface area (TPSA) is 135 Å². The fraction of sp³-hybridized carbons (Fsp3) is 0.556. The molecule has 1 aliphatic heterocycles. The molecule has 1 aromatic heterocycles. The van der Waals surface area contributed by atoms with Gasteiger partial charge in [-0.2, -0.15) is 0 Å². The number of hydrogen-bond acceptors (Lipinski definition) is 8. The number of aliphatic hydroxyl groups excluding tert-OH is 1. The third-order valence-electron chi connectivity index (χ3n) is 6.51. The molecule has 0 aliphatic carbocycles. The van der Waals surface area contributed by atoms with Crippen LogP contribution in [0.3, 0.4) is 0 Å². The van der Waals surface area contributed by atoms with Crippen LogP contribution in [0, 0.1) is 12.3 Å². The summed E-state index contributed by atoms with van der Waals surface area (Å²) in [6.07, 6.45) is -0.861. The second kappa shape index (κ2) is 10.5. The van der Waals surface area contributed by atoms with E-state index in [1.807, 2.05) is 31.2 Å². The molecule has 0 radical (unpaired) electrons. The quantitative estimate of drug-likeness (QED) is 0.386. The highest BCUT2D eigenvalue weighted by molar-refractivity contribution is 7.13. The molecular weight excluding hydrogens is 492 g/mol. The molecule has 0 spiro atoms. The molecule has 1 aliphatic rings. The Balaban J connectivity index is 1.75. The molecule has 1 saturated heterocycles. The number of nitrogens with one attached hydrogen (secondary N) is 1. The number of nitrogens with zero attached hydrogens (tertiary/aromatic N) is 2. The van der Waals surface area contributed by atoms with Crippen molar-refractivity contribution >= 4 is 29.1 Å². The van der Waals surface area contributed by atoms with E-state index in [4.69, 9.17) is 10.5 Å². The fourth-order valence-electron chi connectivity index (χ4n) is 4.25. The number of aromatic nitrogens is 1. The van der Waals surface area contributed by atoms with Crippen LogP contribution >= 0.6 is 11.3 Å². The van der Waals surface area contributed by atoms with Gasteiger partial charge in [-0.1, -0.05) is 45.0 Å². The molecule has 1 fully saturated rings. The Morgan fingerprint density at radius 1 is 1.16 bits per heavy atom. The van der Waals surface area contributed by atoms with Crippen molar-refractivity contribution in [3.05, 3.63) is 41.0 Å². The van der Waals surface area contributed by atoms with Gasteiger partial charge in [0.05, 0.1) is 22.2 Å². The SMILES string of the molecule is Cc1ncsc1-c1ccc(CNC(=O)C2C[C@@H](O)CN2C(=O)C(N)(C(=O)OC(C)(C)C)C(C)(C)C)cc1. The summed E-state index contributed by atoms with van der Waals surface area (Å²) in [5, 5.41) is 13.2. The number of nitrogens with two attached hydrogens (primary N) is 1. The number of likely N-dealkylation sites (tertiary alicyclic amines) is 1. The van der Waals surface area contributed by atoms with E-state index in [1.165, 1.54) is 4.90 Å². The highest BCUT2D eigenvalue weighted by Crippen LogP contribution is 2.35. The third-order valence-corrected chi connectivity index (χ3v) is 7.49. The maximum absolute atomic E-state index is 13.8. The summed E-state index contributed by atoms with van der Waals surface area (Å²) in [4.78, 5) is 46.7. The van der Waals surface area contributed by atoms with Crippen molar-refractivity contribution in [3.63, 3.8) is 0 Å². The average Bonchev–Trinajstić information content (AvgIpc) is 3.40. The maximum Gasteiger partial charge on any atom is 0.337 e. The Labute approximate surface area is 222 Å². The molecule has 2 heterocycles. The van der Waals surface area contributed by atoms with Gasteiger partial charge in [-0.05, 0) is 44.2 Å². The molecule has 202 valence electrons. The van der Waals surface area contributed by atoms with Gasteiger partial charge in [0.15, 0.2) is 5.54 Å². The molecule has 2 amide bonds. The minimum absolute atomic E-state index is 0.0513. The minimum atomic E-state index is -2.05. The molecule has 10 heteroatoms. The molecular formula is C27H38N4O5S. The van der Waals surface area contributed by atoms with Gasteiger partial charge in [-0.3, -0.25) is 9.59 Å². The van der Waals surface area contributed by atoms with E-state index >= 15 is 0 Å². The predicted octanol–water partition coefficient (Wildman–Crippen LogP) is 2.78. The molecule has 3 atom stereocenters. The monoisotopic (exact) mass is 530 g/mol. The van der Waals surface area contributed by atoms with E-state index in [0.717, 1.165) is 21.7 Å². The van der Waals surface area contributed by atoms with Crippen molar-refractivity contribution in [3.8, 4) is 10.4 Å². The Bertz CT molecular complexity index is 1150. The second-order valence-electron chi connectivity index (χ2n) is 11.6. The normalized spacial score (nSPS) is 19.9. The van der Waals surface area contributed by atoms with Crippen LogP contribution in [0.25, 0.3) is 10.4 Å². The summed E-state index contributed by atoms with van der Waals surface area (Å²) in [6, 6.07) is 6.84. The Morgan fingerprint density at radius 3 is 2.30 bits per heavy atom. The standard InChI is InChI=1S/C27H38N4O5S/c1-16-21(37-15-30-16)18-10-8-17(9-11-18)13-29-22(33)20-12-19(32)14-31(20)23(34)27(28,25(2,3)4)24(35)36-26(5,6)7/h8-11,15,19-20,32H,12-14,28H2,1-7H3,(H,29,33)/t19-,20?,27?/m1/s1. The predicted molar refractivity (Wildman–Crippen MR) is 142 cm³/mol. The molecule has 0 saturated carbocycles. The van der Waals surface area contributed by atoms with Crippen LogP contribution in [0.15, 0.2) is 29.8 Å². The first kappa shape index (κ1) is 28.7. The number of ether oxygens (including phenoxy) is 1. The van der Waals surface area contributed by atoms with E-state index in [2.05, 4.69) is 10.3 Å². The zero-order valence-corrected chi connectivity index (χ0v) is 23.4. The number of aliphatic hydroxyl groups is 1. The van der Waals surface area contributed by atoms with Gasteiger partial charge in [-0.15, -0.1) is 11.3 Å². The summed E-state index contributed by atoms with van der Waals surface area (Å²) in [6.45, 7) is 12.2. The largest absolute Gasteiger partial charge is 0.458 e. The highest BCUT2D eigenvalue weighted by Gasteiger charge is 2.58. The van der Waals surface area contributed by atoms with Crippen molar-refractivity contribution in [1.29, 1.82) is 0 Å². The van der Waals surface area contributed by atoms with Gasteiger partial charge in [0.25, 0.3) is 5.91 Å². The van der Waals surface area contributed by atoms with Crippen LogP contribution in [-0.2, 0) is 25.7 Å². The average molecular weight is 531 g/mol. The molecule has 2 unspecified atom stereocenters. The summed E-state index contributed by atoms with van der Waals surface area (Å²) < 4.78 is 5.50. The number of hydrogen-bond donors (Lipinski definition) is 3. The zero-order chi connectivity index (χ0) is 27.8. The summed E-state index contributed by atoms with van der Waals surface area (Å²) >= 11 is 1.57. The van der Waals surface area contributed by atoms with Crippen molar-refractivity contribution in [2.75, 3.05) is 6.54 Å². The van der Waals surface area contributed by atoms with Crippen molar-refractivity contribution in [2.24, 2.45) is 11.1 Å². The lowest BCUT2D eigenvalue weighted by Crippen LogP contribution is -2.69. The Morgan fingerprint density at radius 2 is 1.78 bits per heavy atom. The van der Waals surface area contributed by atoms with E-state index < -0.39 is 46.5 Å². The van der Waals surface area contributed by atoms with Crippen LogP contribution in [-0.4, -0.2) is 62.6 Å². The van der Waals surface area contributed by atoms with E-state index in [0.29, 0.717) is 0 Å². The van der Waals surface area contributed by atoms with E-state index in [1.54, 1.807) is 58.4 Å². The second-order valence-corrected chi connectivity index (χ2v) is 12.5. The van der Waals surface area contributed by atoms with Crippen molar-refractivity contribution in [1.82, 2.24) is 15.2 Å². The molecule has 9 nitrogen and oxygen atoms in total. The summed E-state index contributed by atoms with van der Waals surface area (Å²) in [5.41, 5.74) is 7.29. The number of aryl methyl sites for hydroxylation is 1. The first-order chi connectivity index (χ1) is 17.0. The number of rotatable bonds is 6. The van der Waals surface area contributed by atoms with Gasteiger partial charge in [0.2, 0.25) is 5.91 Å². The van der Waals surface area contributed by atoms with Crippen LogP contribution in [0.2, 0.25) is 0 Å². The number of benzene rings is 1. The van der Waals surface area contributed by atoms with Gasteiger partial charge >= 0.3 is 5.97 Å². The number of carbonyl (C=O) groups is 3. The van der Waals surface area contributed by atoms with Crippen LogP contribution in [0.4, 0.5) is 0 Å². The van der Waals surface area contributed by atoms with E-state index in [-0.39, 0.29) is 19.5 Å². The van der Waals surface area contributed by atoms with Crippen LogP contribution in [0.5, 0.6) is 0 Å². The molecule has 1 aromatic carbocycles. The van der Waals surface area contributed by atoms with Gasteiger partial charge in [0.1, 0.15) is 11.6 Å². The molecule has 2 aromatic rings. The number of amides is 2. The number of β-amino-alcohol motifs (C(OH)–C–C–N with tert-alkyl or cyclic N) is 1. The van der Waals surface area contributed by atoms with Gasteiger partial charge in [0, 0.05) is 19.5 Å². The lowest BCUT2D eigenvalue weighted by Gasteiger charge is -2.42. The third kappa shape index (κ3) is 6.19. The Hall–Kier alpha value is -2.82. The molecule has 37 heavy (non-hydrogen) atoms.